The molecule has 5 nitrogen and oxygen atoms in total. The number of aryl methyl sites for hydroxylation is 1. The van der Waals surface area contributed by atoms with Crippen LogP contribution in [0.15, 0.2) is 0 Å². The monoisotopic (exact) mass is 284 g/mol. The second-order valence-corrected chi connectivity index (χ2v) is 6.32. The van der Waals surface area contributed by atoms with E-state index in [0.717, 1.165) is 16.6 Å². The van der Waals surface area contributed by atoms with Gasteiger partial charge in [-0.15, -0.1) is 11.3 Å². The van der Waals surface area contributed by atoms with E-state index in [9.17, 15) is 4.79 Å². The molecule has 1 saturated heterocycles. The van der Waals surface area contributed by atoms with Gasteiger partial charge in [0.2, 0.25) is 0 Å². The molecule has 0 amide bonds. The molecule has 0 spiro atoms. The van der Waals surface area contributed by atoms with Gasteiger partial charge in [0.25, 0.3) is 0 Å². The molecule has 0 aliphatic carbocycles. The minimum atomic E-state index is -0.339. The highest BCUT2D eigenvalue weighted by Gasteiger charge is 2.33. The maximum Gasteiger partial charge on any atom is 0.358 e. The zero-order chi connectivity index (χ0) is 14.0. The molecule has 2 rings (SSSR count). The third-order valence-corrected chi connectivity index (χ3v) is 4.12. The van der Waals surface area contributed by atoms with Crippen LogP contribution >= 0.6 is 11.3 Å². The Balaban J connectivity index is 2.26. The molecule has 106 valence electrons. The lowest BCUT2D eigenvalue weighted by Gasteiger charge is -2.41. The summed E-state index contributed by atoms with van der Waals surface area (Å²) < 4.78 is 10.5. The van der Waals surface area contributed by atoms with E-state index in [1.807, 2.05) is 6.92 Å². The average molecular weight is 284 g/mol. The maximum atomic E-state index is 11.8. The zero-order valence-corrected chi connectivity index (χ0v) is 12.7. The predicted molar refractivity (Wildman–Crippen MR) is 75.1 cm³/mol. The molecule has 1 aliphatic rings. The number of hydrogen-bond acceptors (Lipinski definition) is 6. The smallest absolute Gasteiger partial charge is 0.358 e. The van der Waals surface area contributed by atoms with E-state index in [1.165, 1.54) is 11.3 Å². The van der Waals surface area contributed by atoms with Crippen molar-refractivity contribution in [2.45, 2.75) is 33.2 Å². The molecule has 1 aromatic heterocycles. The number of morpholine rings is 1. The summed E-state index contributed by atoms with van der Waals surface area (Å²) in [6.07, 6.45) is 0. The van der Waals surface area contributed by atoms with Crippen LogP contribution in [0.5, 0.6) is 0 Å². The second kappa shape index (κ2) is 5.46. The van der Waals surface area contributed by atoms with Crippen LogP contribution in [-0.4, -0.2) is 42.9 Å². The maximum absolute atomic E-state index is 11.8. The van der Waals surface area contributed by atoms with Crippen LogP contribution in [0.1, 0.15) is 36.1 Å². The van der Waals surface area contributed by atoms with Gasteiger partial charge in [0.05, 0.1) is 25.4 Å². The number of rotatable bonds is 3. The van der Waals surface area contributed by atoms with Gasteiger partial charge in [0.1, 0.15) is 0 Å². The summed E-state index contributed by atoms with van der Waals surface area (Å²) in [5, 5.41) is 0.869. The normalized spacial score (nSPS) is 18.4. The summed E-state index contributed by atoms with van der Waals surface area (Å²) in [6.45, 7) is 10.5. The van der Waals surface area contributed by atoms with Crippen molar-refractivity contribution in [1.29, 1.82) is 0 Å². The molecule has 1 fully saturated rings. The van der Waals surface area contributed by atoms with Crippen molar-refractivity contribution in [2.24, 2.45) is 0 Å². The standard InChI is InChI=1S/C13H20N2O3S/c1-5-18-11(16)10-9(2)19-12(14-10)15-6-7-17-8-13(15,3)4/h5-8H2,1-4H3. The fraction of sp³-hybridized carbons (Fsp3) is 0.692. The van der Waals surface area contributed by atoms with E-state index < -0.39 is 0 Å². The number of carbonyl (C=O) groups excluding carboxylic acids is 1. The number of anilines is 1. The molecule has 6 heteroatoms. The van der Waals surface area contributed by atoms with Crippen LogP contribution in [0.2, 0.25) is 0 Å². The molecule has 0 atom stereocenters. The second-order valence-electron chi connectivity index (χ2n) is 5.14. The van der Waals surface area contributed by atoms with E-state index in [2.05, 4.69) is 23.7 Å². The van der Waals surface area contributed by atoms with Crippen molar-refractivity contribution in [3.63, 3.8) is 0 Å². The Hall–Kier alpha value is -1.14. The van der Waals surface area contributed by atoms with Gasteiger partial charge < -0.3 is 14.4 Å². The topological polar surface area (TPSA) is 51.7 Å². The minimum Gasteiger partial charge on any atom is -0.461 e. The number of ether oxygens (including phenoxy) is 2. The number of esters is 1. The summed E-state index contributed by atoms with van der Waals surface area (Å²) in [7, 11) is 0. The van der Waals surface area contributed by atoms with Crippen LogP contribution in [0.3, 0.4) is 0 Å². The van der Waals surface area contributed by atoms with Gasteiger partial charge in [-0.1, -0.05) is 0 Å². The number of nitrogens with zero attached hydrogens (tertiary/aromatic N) is 2. The first-order chi connectivity index (χ1) is 8.95. The van der Waals surface area contributed by atoms with Crippen LogP contribution in [0.25, 0.3) is 0 Å². The lowest BCUT2D eigenvalue weighted by atomic mass is 10.0. The largest absolute Gasteiger partial charge is 0.461 e. The quantitative estimate of drug-likeness (QED) is 0.797. The zero-order valence-electron chi connectivity index (χ0n) is 11.9. The Kier molecular flexibility index (Phi) is 4.10. The lowest BCUT2D eigenvalue weighted by molar-refractivity contribution is 0.0518. The molecule has 1 aromatic rings. The molecule has 19 heavy (non-hydrogen) atoms. The number of carbonyl (C=O) groups is 1. The van der Waals surface area contributed by atoms with Crippen LogP contribution in [-0.2, 0) is 9.47 Å². The van der Waals surface area contributed by atoms with Gasteiger partial charge in [0, 0.05) is 11.4 Å². The first-order valence-corrected chi connectivity index (χ1v) is 7.27. The molecule has 0 unspecified atom stereocenters. The van der Waals surface area contributed by atoms with E-state index in [0.29, 0.717) is 25.5 Å². The highest BCUT2D eigenvalue weighted by Crippen LogP contribution is 2.32. The molecular weight excluding hydrogens is 264 g/mol. The minimum absolute atomic E-state index is 0.103. The highest BCUT2D eigenvalue weighted by molar-refractivity contribution is 7.15. The molecule has 0 aromatic carbocycles. The van der Waals surface area contributed by atoms with Gasteiger partial charge in [0.15, 0.2) is 10.8 Å². The van der Waals surface area contributed by atoms with Crippen LogP contribution in [0.4, 0.5) is 5.13 Å². The SMILES string of the molecule is CCOC(=O)c1nc(N2CCOCC2(C)C)sc1C. The Bertz CT molecular complexity index is 470. The number of thiazole rings is 1. The van der Waals surface area contributed by atoms with Gasteiger partial charge in [-0.05, 0) is 27.7 Å². The van der Waals surface area contributed by atoms with Crippen molar-refractivity contribution < 1.29 is 14.3 Å². The molecular formula is C13H20N2O3S. The fourth-order valence-electron chi connectivity index (χ4n) is 2.10. The third-order valence-electron chi connectivity index (χ3n) is 3.13. The molecule has 0 N–H and O–H groups in total. The molecule has 2 heterocycles. The molecule has 1 aliphatic heterocycles. The van der Waals surface area contributed by atoms with E-state index in [4.69, 9.17) is 9.47 Å². The van der Waals surface area contributed by atoms with Crippen molar-refractivity contribution in [2.75, 3.05) is 31.3 Å². The summed E-state index contributed by atoms with van der Waals surface area (Å²) in [4.78, 5) is 19.4. The van der Waals surface area contributed by atoms with Gasteiger partial charge in [-0.3, -0.25) is 0 Å². The summed E-state index contributed by atoms with van der Waals surface area (Å²) in [5.41, 5.74) is 0.332. The van der Waals surface area contributed by atoms with E-state index >= 15 is 0 Å². The molecule has 0 radical (unpaired) electrons. The lowest BCUT2D eigenvalue weighted by Crippen LogP contribution is -2.53. The number of hydrogen-bond donors (Lipinski definition) is 0. The van der Waals surface area contributed by atoms with E-state index in [1.54, 1.807) is 6.92 Å². The third kappa shape index (κ3) is 2.90. The van der Waals surface area contributed by atoms with Crippen LogP contribution < -0.4 is 4.90 Å². The Morgan fingerprint density at radius 3 is 2.95 bits per heavy atom. The van der Waals surface area contributed by atoms with Crippen LogP contribution in [0, 0.1) is 6.92 Å². The van der Waals surface area contributed by atoms with E-state index in [-0.39, 0.29) is 11.5 Å². The summed E-state index contributed by atoms with van der Waals surface area (Å²) in [6, 6.07) is 0. The van der Waals surface area contributed by atoms with Crippen molar-refractivity contribution in [1.82, 2.24) is 4.98 Å². The van der Waals surface area contributed by atoms with Crippen molar-refractivity contribution in [3.05, 3.63) is 10.6 Å². The predicted octanol–water partition coefficient (Wildman–Crippen LogP) is 2.24. The first-order valence-electron chi connectivity index (χ1n) is 6.45. The Labute approximate surface area is 117 Å². The molecule has 0 bridgehead atoms. The number of aromatic nitrogens is 1. The van der Waals surface area contributed by atoms with Crippen molar-refractivity contribution in [3.8, 4) is 0 Å². The molecule has 0 saturated carbocycles. The van der Waals surface area contributed by atoms with Gasteiger partial charge in [-0.25, -0.2) is 9.78 Å². The highest BCUT2D eigenvalue weighted by atomic mass is 32.1. The first kappa shape index (κ1) is 14.3. The van der Waals surface area contributed by atoms with Gasteiger partial charge >= 0.3 is 5.97 Å². The summed E-state index contributed by atoms with van der Waals surface area (Å²) in [5.74, 6) is -0.339. The average Bonchev–Trinajstić information content (AvgIpc) is 2.71. The Morgan fingerprint density at radius 1 is 1.58 bits per heavy atom. The fourth-order valence-corrected chi connectivity index (χ4v) is 3.18. The summed E-state index contributed by atoms with van der Waals surface area (Å²) >= 11 is 1.54. The Morgan fingerprint density at radius 2 is 2.32 bits per heavy atom. The van der Waals surface area contributed by atoms with Crippen molar-refractivity contribution >= 4 is 22.4 Å². The van der Waals surface area contributed by atoms with Gasteiger partial charge in [-0.2, -0.15) is 0 Å².